The Morgan fingerprint density at radius 2 is 1.45 bits per heavy atom. The van der Waals surface area contributed by atoms with Crippen molar-refractivity contribution in [1.29, 1.82) is 0 Å². The van der Waals surface area contributed by atoms with Crippen LogP contribution in [0, 0.1) is 5.92 Å². The Balaban J connectivity index is 1.64. The Kier molecular flexibility index (Phi) is 7.97. The lowest BCUT2D eigenvalue weighted by Crippen LogP contribution is -2.23. The first-order chi connectivity index (χ1) is 15.7. The molecule has 3 rings (SSSR count). The summed E-state index contributed by atoms with van der Waals surface area (Å²) >= 11 is 0. The van der Waals surface area contributed by atoms with Crippen molar-refractivity contribution in [3.63, 3.8) is 0 Å². The Hall–Kier alpha value is -3.49. The molecule has 0 aromatic heterocycles. The zero-order valence-corrected chi connectivity index (χ0v) is 19.4. The highest BCUT2D eigenvalue weighted by Gasteiger charge is 2.16. The highest BCUT2D eigenvalue weighted by atomic mass is 32.2. The number of hydrogen-bond donors (Lipinski definition) is 3. The van der Waals surface area contributed by atoms with Crippen molar-refractivity contribution in [2.24, 2.45) is 5.92 Å². The number of amides is 2. The van der Waals surface area contributed by atoms with Gasteiger partial charge in [0.05, 0.1) is 4.90 Å². The largest absolute Gasteiger partial charge is 0.326 e. The average Bonchev–Trinajstić information content (AvgIpc) is 2.79. The molecule has 0 aliphatic heterocycles. The van der Waals surface area contributed by atoms with E-state index in [-0.39, 0.29) is 28.8 Å². The van der Waals surface area contributed by atoms with Gasteiger partial charge < -0.3 is 10.6 Å². The van der Waals surface area contributed by atoms with Crippen molar-refractivity contribution in [3.05, 3.63) is 90.0 Å². The molecule has 3 N–H and O–H groups in total. The van der Waals surface area contributed by atoms with E-state index in [9.17, 15) is 18.0 Å². The summed E-state index contributed by atoms with van der Waals surface area (Å²) in [5.74, 6) is -0.246. The van der Waals surface area contributed by atoms with Gasteiger partial charge in [-0.2, -0.15) is 0 Å². The number of anilines is 2. The van der Waals surface area contributed by atoms with Crippen molar-refractivity contribution in [2.75, 3.05) is 10.6 Å². The van der Waals surface area contributed by atoms with Gasteiger partial charge in [0.2, 0.25) is 15.9 Å². The molecule has 0 atom stereocenters. The fourth-order valence-corrected chi connectivity index (χ4v) is 4.15. The molecule has 0 fully saturated rings. The van der Waals surface area contributed by atoms with Gasteiger partial charge in [-0.1, -0.05) is 50.2 Å². The molecule has 0 unspecified atom stereocenters. The van der Waals surface area contributed by atoms with Crippen LogP contribution >= 0.6 is 0 Å². The second-order valence-corrected chi connectivity index (χ2v) is 9.78. The molecular formula is C25H27N3O4S. The van der Waals surface area contributed by atoms with E-state index in [0.717, 1.165) is 5.56 Å². The SMILES string of the molecule is CC(C)CC(=O)Nc1ccc(NC(=O)c2cccc(S(=O)(=O)NCc3ccccc3)c2)cc1. The summed E-state index contributed by atoms with van der Waals surface area (Å²) in [7, 11) is -3.78. The van der Waals surface area contributed by atoms with Gasteiger partial charge in [0.25, 0.3) is 5.91 Å². The minimum absolute atomic E-state index is 0.00861. The maximum Gasteiger partial charge on any atom is 0.255 e. The van der Waals surface area contributed by atoms with Gasteiger partial charge >= 0.3 is 0 Å². The number of benzene rings is 3. The van der Waals surface area contributed by atoms with Gasteiger partial charge in [-0.15, -0.1) is 0 Å². The van der Waals surface area contributed by atoms with Crippen LogP contribution in [0.15, 0.2) is 83.8 Å². The zero-order valence-electron chi connectivity index (χ0n) is 18.5. The molecule has 2 amide bonds. The first-order valence-corrected chi connectivity index (χ1v) is 12.1. The standard InChI is InChI=1S/C25H27N3O4S/c1-18(2)15-24(29)27-21-11-13-22(14-12-21)28-25(30)20-9-6-10-23(16-20)33(31,32)26-17-19-7-4-3-5-8-19/h3-14,16,18,26H,15,17H2,1-2H3,(H,27,29)(H,28,30). The number of sulfonamides is 1. The molecule has 8 heteroatoms. The summed E-state index contributed by atoms with van der Waals surface area (Å²) < 4.78 is 27.9. The number of rotatable bonds is 9. The second kappa shape index (κ2) is 10.9. The summed E-state index contributed by atoms with van der Waals surface area (Å²) in [5, 5.41) is 5.55. The van der Waals surface area contributed by atoms with Crippen LogP contribution in [0.25, 0.3) is 0 Å². The molecule has 3 aromatic rings. The lowest BCUT2D eigenvalue weighted by molar-refractivity contribution is -0.116. The first kappa shape index (κ1) is 24.2. The molecular weight excluding hydrogens is 438 g/mol. The van der Waals surface area contributed by atoms with Gasteiger partial charge in [-0.05, 0) is 53.9 Å². The Labute approximate surface area is 194 Å². The van der Waals surface area contributed by atoms with Crippen LogP contribution in [0.5, 0.6) is 0 Å². The average molecular weight is 466 g/mol. The van der Waals surface area contributed by atoms with Crippen LogP contribution < -0.4 is 15.4 Å². The van der Waals surface area contributed by atoms with Crippen LogP contribution in [0.3, 0.4) is 0 Å². The van der Waals surface area contributed by atoms with Gasteiger partial charge in [-0.25, -0.2) is 13.1 Å². The van der Waals surface area contributed by atoms with Crippen LogP contribution in [-0.4, -0.2) is 20.2 Å². The third-order valence-electron chi connectivity index (χ3n) is 4.74. The van der Waals surface area contributed by atoms with Gasteiger partial charge in [-0.3, -0.25) is 9.59 Å². The lowest BCUT2D eigenvalue weighted by atomic mass is 10.1. The molecule has 7 nitrogen and oxygen atoms in total. The van der Waals surface area contributed by atoms with Crippen LogP contribution in [-0.2, 0) is 21.4 Å². The molecule has 0 spiro atoms. The quantitative estimate of drug-likeness (QED) is 0.436. The minimum atomic E-state index is -3.78. The molecule has 172 valence electrons. The summed E-state index contributed by atoms with van der Waals surface area (Å²) in [6.45, 7) is 4.09. The Bertz CT molecular complexity index is 1210. The second-order valence-electron chi connectivity index (χ2n) is 8.02. The van der Waals surface area contributed by atoms with E-state index in [1.165, 1.54) is 18.2 Å². The van der Waals surface area contributed by atoms with Gasteiger partial charge in [0.1, 0.15) is 0 Å². The summed E-state index contributed by atoms with van der Waals surface area (Å²) in [6, 6.07) is 21.8. The van der Waals surface area contributed by atoms with E-state index in [4.69, 9.17) is 0 Å². The van der Waals surface area contributed by atoms with Crippen LogP contribution in [0.4, 0.5) is 11.4 Å². The predicted molar refractivity (Wildman–Crippen MR) is 129 cm³/mol. The van der Waals surface area contributed by atoms with Crippen LogP contribution in [0.1, 0.15) is 36.2 Å². The van der Waals surface area contributed by atoms with Crippen molar-refractivity contribution >= 4 is 33.2 Å². The first-order valence-electron chi connectivity index (χ1n) is 10.6. The van der Waals surface area contributed by atoms with Gasteiger partial charge in [0, 0.05) is 29.9 Å². The van der Waals surface area contributed by atoms with Crippen molar-refractivity contribution in [1.82, 2.24) is 4.72 Å². The molecule has 0 saturated carbocycles. The summed E-state index contributed by atoms with van der Waals surface area (Å²) in [5.41, 5.74) is 2.21. The summed E-state index contributed by atoms with van der Waals surface area (Å²) in [4.78, 5) is 24.5. The molecule has 33 heavy (non-hydrogen) atoms. The lowest BCUT2D eigenvalue weighted by Gasteiger charge is -2.10. The topological polar surface area (TPSA) is 104 Å². The number of nitrogens with one attached hydrogen (secondary N) is 3. The van der Waals surface area contributed by atoms with Gasteiger partial charge in [0.15, 0.2) is 0 Å². The van der Waals surface area contributed by atoms with Crippen molar-refractivity contribution in [2.45, 2.75) is 31.7 Å². The smallest absolute Gasteiger partial charge is 0.255 e. The highest BCUT2D eigenvalue weighted by Crippen LogP contribution is 2.17. The molecule has 0 heterocycles. The number of carbonyl (C=O) groups excluding carboxylic acids is 2. The molecule has 0 bridgehead atoms. The predicted octanol–water partition coefficient (Wildman–Crippen LogP) is 4.40. The minimum Gasteiger partial charge on any atom is -0.326 e. The Morgan fingerprint density at radius 1 is 0.818 bits per heavy atom. The van der Waals surface area contributed by atoms with E-state index in [1.807, 2.05) is 44.2 Å². The van der Waals surface area contributed by atoms with E-state index in [1.54, 1.807) is 30.3 Å². The zero-order chi connectivity index (χ0) is 23.8. The van der Waals surface area contributed by atoms with Crippen molar-refractivity contribution < 1.29 is 18.0 Å². The number of hydrogen-bond acceptors (Lipinski definition) is 4. The fourth-order valence-electron chi connectivity index (χ4n) is 3.08. The van der Waals surface area contributed by atoms with Crippen molar-refractivity contribution in [3.8, 4) is 0 Å². The molecule has 0 saturated heterocycles. The molecule has 0 aliphatic carbocycles. The van der Waals surface area contributed by atoms with E-state index >= 15 is 0 Å². The highest BCUT2D eigenvalue weighted by molar-refractivity contribution is 7.89. The van der Waals surface area contributed by atoms with E-state index in [2.05, 4.69) is 15.4 Å². The maximum absolute atomic E-state index is 12.7. The third-order valence-corrected chi connectivity index (χ3v) is 6.13. The normalized spacial score (nSPS) is 11.2. The number of carbonyl (C=O) groups is 2. The molecule has 3 aromatic carbocycles. The summed E-state index contributed by atoms with van der Waals surface area (Å²) in [6.07, 6.45) is 0.429. The molecule has 0 aliphatic rings. The molecule has 0 radical (unpaired) electrons. The van der Waals surface area contributed by atoms with Crippen LogP contribution in [0.2, 0.25) is 0 Å². The third kappa shape index (κ3) is 7.27. The monoisotopic (exact) mass is 465 g/mol. The Morgan fingerprint density at radius 3 is 2.09 bits per heavy atom. The van der Waals surface area contributed by atoms with E-state index < -0.39 is 15.9 Å². The maximum atomic E-state index is 12.7. The fraction of sp³-hybridized carbons (Fsp3) is 0.200. The van der Waals surface area contributed by atoms with E-state index in [0.29, 0.717) is 17.8 Å².